The van der Waals surface area contributed by atoms with Gasteiger partial charge in [-0.3, -0.25) is 9.48 Å². The second kappa shape index (κ2) is 7.17. The number of nitrogens with one attached hydrogen (secondary N) is 1. The van der Waals surface area contributed by atoms with Gasteiger partial charge in [0.2, 0.25) is 5.91 Å². The van der Waals surface area contributed by atoms with E-state index in [1.165, 1.54) is 12.5 Å². The summed E-state index contributed by atoms with van der Waals surface area (Å²) in [7, 11) is 0. The maximum Gasteiger partial charge on any atom is 0.345 e. The van der Waals surface area contributed by atoms with Gasteiger partial charge in [-0.05, 0) is 25.3 Å². The van der Waals surface area contributed by atoms with Gasteiger partial charge in [-0.1, -0.05) is 0 Å². The molecule has 2 aromatic rings. The number of piperidine rings is 1. The van der Waals surface area contributed by atoms with Crippen molar-refractivity contribution in [1.82, 2.24) is 29.6 Å². The lowest BCUT2D eigenvalue weighted by Gasteiger charge is -2.32. The van der Waals surface area contributed by atoms with Crippen molar-refractivity contribution in [3.8, 4) is 0 Å². The first-order valence-corrected chi connectivity index (χ1v) is 7.88. The molecule has 3 rings (SSSR count). The van der Waals surface area contributed by atoms with Crippen LogP contribution in [-0.2, 0) is 11.3 Å². The molecule has 0 radical (unpaired) electrons. The third kappa shape index (κ3) is 4.02. The summed E-state index contributed by atoms with van der Waals surface area (Å²) in [6.45, 7) is 2.14. The van der Waals surface area contributed by atoms with Gasteiger partial charge in [-0.15, -0.1) is 0 Å². The van der Waals surface area contributed by atoms with Crippen LogP contribution in [-0.4, -0.2) is 48.6 Å². The highest BCUT2D eigenvalue weighted by molar-refractivity contribution is 5.76. The molecule has 8 nitrogen and oxygen atoms in total. The molecule has 1 fully saturated rings. The Bertz CT molecular complexity index is 696. The summed E-state index contributed by atoms with van der Waals surface area (Å²) >= 11 is 0. The molecular weight excluding hydrogens is 296 g/mol. The molecule has 2 aromatic heterocycles. The van der Waals surface area contributed by atoms with Crippen LogP contribution >= 0.6 is 0 Å². The second-order valence-corrected chi connectivity index (χ2v) is 5.77. The van der Waals surface area contributed by atoms with E-state index >= 15 is 0 Å². The summed E-state index contributed by atoms with van der Waals surface area (Å²) in [6.07, 6.45) is 7.84. The molecule has 23 heavy (non-hydrogen) atoms. The van der Waals surface area contributed by atoms with Crippen LogP contribution in [0.2, 0.25) is 0 Å². The molecule has 0 saturated carbocycles. The lowest BCUT2D eigenvalue weighted by atomic mass is 9.94. The maximum atomic E-state index is 12.4. The van der Waals surface area contributed by atoms with Crippen LogP contribution in [0, 0.1) is 0 Å². The van der Waals surface area contributed by atoms with E-state index in [2.05, 4.69) is 20.1 Å². The minimum atomic E-state index is -0.334. The summed E-state index contributed by atoms with van der Waals surface area (Å²) in [5.74, 6) is 0.338. The van der Waals surface area contributed by atoms with Gasteiger partial charge in [0, 0.05) is 43.9 Å². The molecule has 1 aliphatic rings. The van der Waals surface area contributed by atoms with Crippen molar-refractivity contribution in [2.45, 2.75) is 38.1 Å². The standard InChI is InChI=1S/C15H20N6O2/c22-14(4-2-8-21-11-16-10-18-21)20-7-1-3-12(9-20)13-5-6-17-15(23)19-13/h5-6,10-12H,1-4,7-9H2,(H,17,19,23). The quantitative estimate of drug-likeness (QED) is 0.869. The van der Waals surface area contributed by atoms with Crippen molar-refractivity contribution >= 4 is 5.91 Å². The first kappa shape index (κ1) is 15.4. The molecule has 0 aliphatic carbocycles. The zero-order valence-corrected chi connectivity index (χ0v) is 12.9. The summed E-state index contributed by atoms with van der Waals surface area (Å²) < 4.78 is 1.73. The predicted molar refractivity (Wildman–Crippen MR) is 82.7 cm³/mol. The van der Waals surface area contributed by atoms with E-state index in [0.717, 1.165) is 31.5 Å². The van der Waals surface area contributed by atoms with E-state index in [1.807, 2.05) is 11.0 Å². The highest BCUT2D eigenvalue weighted by Crippen LogP contribution is 2.25. The van der Waals surface area contributed by atoms with Gasteiger partial charge in [0.1, 0.15) is 12.7 Å². The van der Waals surface area contributed by atoms with E-state index in [9.17, 15) is 9.59 Å². The molecule has 1 saturated heterocycles. The highest BCUT2D eigenvalue weighted by Gasteiger charge is 2.25. The molecule has 8 heteroatoms. The van der Waals surface area contributed by atoms with E-state index < -0.39 is 0 Å². The number of nitrogens with zero attached hydrogens (tertiary/aromatic N) is 5. The largest absolute Gasteiger partial charge is 0.345 e. The fourth-order valence-electron chi connectivity index (χ4n) is 2.98. The number of H-pyrrole nitrogens is 1. The van der Waals surface area contributed by atoms with Crippen molar-refractivity contribution in [2.24, 2.45) is 0 Å². The number of carbonyl (C=O) groups excluding carboxylic acids is 1. The summed E-state index contributed by atoms with van der Waals surface area (Å²) in [5.41, 5.74) is 0.531. The van der Waals surface area contributed by atoms with Gasteiger partial charge in [0.15, 0.2) is 0 Å². The average molecular weight is 316 g/mol. The van der Waals surface area contributed by atoms with Crippen molar-refractivity contribution < 1.29 is 4.79 Å². The fraction of sp³-hybridized carbons (Fsp3) is 0.533. The van der Waals surface area contributed by atoms with Crippen LogP contribution in [0.3, 0.4) is 0 Å². The molecule has 3 heterocycles. The number of hydrogen-bond donors (Lipinski definition) is 1. The van der Waals surface area contributed by atoms with Crippen LogP contribution in [0.15, 0.2) is 29.7 Å². The number of aromatic nitrogens is 5. The Kier molecular flexibility index (Phi) is 4.80. The first-order valence-electron chi connectivity index (χ1n) is 7.88. The number of carbonyl (C=O) groups is 1. The Morgan fingerprint density at radius 2 is 2.35 bits per heavy atom. The van der Waals surface area contributed by atoms with E-state index in [4.69, 9.17) is 0 Å². The fourth-order valence-corrected chi connectivity index (χ4v) is 2.98. The van der Waals surface area contributed by atoms with Crippen LogP contribution in [0.5, 0.6) is 0 Å². The number of hydrogen-bond acceptors (Lipinski definition) is 5. The molecular formula is C15H20N6O2. The van der Waals surface area contributed by atoms with Crippen molar-refractivity contribution in [1.29, 1.82) is 0 Å². The number of likely N-dealkylation sites (tertiary alicyclic amines) is 1. The Morgan fingerprint density at radius 1 is 1.43 bits per heavy atom. The van der Waals surface area contributed by atoms with Gasteiger partial charge in [0.25, 0.3) is 0 Å². The SMILES string of the molecule is O=C(CCCn1cncn1)N1CCCC(c2ccnc(=O)[nH]2)C1. The van der Waals surface area contributed by atoms with Gasteiger partial charge in [0.05, 0.1) is 0 Å². The Balaban J connectivity index is 1.53. The molecule has 0 bridgehead atoms. The zero-order valence-electron chi connectivity index (χ0n) is 12.9. The minimum absolute atomic E-state index is 0.159. The van der Waals surface area contributed by atoms with Gasteiger partial charge < -0.3 is 9.88 Å². The van der Waals surface area contributed by atoms with E-state index in [0.29, 0.717) is 19.5 Å². The smallest absolute Gasteiger partial charge is 0.342 e. The van der Waals surface area contributed by atoms with Crippen LogP contribution in [0.25, 0.3) is 0 Å². The number of amides is 1. The van der Waals surface area contributed by atoms with Gasteiger partial charge in [-0.25, -0.2) is 14.8 Å². The van der Waals surface area contributed by atoms with E-state index in [-0.39, 0.29) is 17.5 Å². The normalized spacial score (nSPS) is 18.1. The van der Waals surface area contributed by atoms with Crippen LogP contribution in [0.4, 0.5) is 0 Å². The van der Waals surface area contributed by atoms with Crippen LogP contribution < -0.4 is 5.69 Å². The van der Waals surface area contributed by atoms with Crippen molar-refractivity contribution in [3.05, 3.63) is 41.1 Å². The lowest BCUT2D eigenvalue weighted by molar-refractivity contribution is -0.132. The van der Waals surface area contributed by atoms with E-state index in [1.54, 1.807) is 11.0 Å². The molecule has 0 aromatic carbocycles. The highest BCUT2D eigenvalue weighted by atomic mass is 16.2. The lowest BCUT2D eigenvalue weighted by Crippen LogP contribution is -2.39. The Labute approximate surface area is 133 Å². The molecule has 1 unspecified atom stereocenters. The minimum Gasteiger partial charge on any atom is -0.342 e. The summed E-state index contributed by atoms with van der Waals surface area (Å²) in [5, 5.41) is 4.03. The summed E-state index contributed by atoms with van der Waals surface area (Å²) in [6, 6.07) is 1.82. The molecule has 1 N–H and O–H groups in total. The topological polar surface area (TPSA) is 96.8 Å². The molecule has 1 atom stereocenters. The number of aromatic amines is 1. The molecule has 1 amide bonds. The molecule has 0 spiro atoms. The van der Waals surface area contributed by atoms with Crippen LogP contribution in [0.1, 0.15) is 37.3 Å². The summed E-state index contributed by atoms with van der Waals surface area (Å²) in [4.78, 5) is 35.9. The Morgan fingerprint density at radius 3 is 3.13 bits per heavy atom. The van der Waals surface area contributed by atoms with Crippen molar-refractivity contribution in [3.63, 3.8) is 0 Å². The zero-order chi connectivity index (χ0) is 16.1. The second-order valence-electron chi connectivity index (χ2n) is 5.77. The third-order valence-electron chi connectivity index (χ3n) is 4.16. The number of aryl methyl sites for hydroxylation is 1. The Hall–Kier alpha value is -2.51. The monoisotopic (exact) mass is 316 g/mol. The average Bonchev–Trinajstić information content (AvgIpc) is 3.08. The molecule has 1 aliphatic heterocycles. The number of rotatable bonds is 5. The van der Waals surface area contributed by atoms with Crippen molar-refractivity contribution in [2.75, 3.05) is 13.1 Å². The first-order chi connectivity index (χ1) is 11.2. The molecule has 122 valence electrons. The third-order valence-corrected chi connectivity index (χ3v) is 4.16. The van der Waals surface area contributed by atoms with Gasteiger partial charge in [-0.2, -0.15) is 5.10 Å². The maximum absolute atomic E-state index is 12.4. The predicted octanol–water partition coefficient (Wildman–Crippen LogP) is 0.548. The van der Waals surface area contributed by atoms with Gasteiger partial charge >= 0.3 is 5.69 Å².